The van der Waals surface area contributed by atoms with Crippen LogP contribution in [-0.2, 0) is 4.74 Å². The molecule has 2 aromatic heterocycles. The number of anilines is 1. The summed E-state index contributed by atoms with van der Waals surface area (Å²) >= 11 is 0. The molecule has 9 heteroatoms. The molecule has 1 saturated heterocycles. The van der Waals surface area contributed by atoms with E-state index in [9.17, 15) is 19.5 Å². The van der Waals surface area contributed by atoms with E-state index in [0.717, 1.165) is 41.8 Å². The van der Waals surface area contributed by atoms with Gasteiger partial charge in [-0.25, -0.2) is 14.0 Å². The second-order valence-corrected chi connectivity index (χ2v) is 11.2. The van der Waals surface area contributed by atoms with Crippen LogP contribution in [-0.4, -0.2) is 46.3 Å². The fourth-order valence-electron chi connectivity index (χ4n) is 5.51. The molecule has 0 radical (unpaired) electrons. The summed E-state index contributed by atoms with van der Waals surface area (Å²) in [6, 6.07) is 1.29. The van der Waals surface area contributed by atoms with Gasteiger partial charge in [0.05, 0.1) is 23.4 Å². The number of halogens is 1. The number of carboxylic acids is 1. The lowest BCUT2D eigenvalue weighted by atomic mass is 9.98. The summed E-state index contributed by atoms with van der Waals surface area (Å²) < 4.78 is 22.2. The molecule has 8 nitrogen and oxygen atoms in total. The highest BCUT2D eigenvalue weighted by Crippen LogP contribution is 2.46. The molecule has 2 aliphatic carbocycles. The third-order valence-electron chi connectivity index (χ3n) is 7.30. The Bertz CT molecular complexity index is 1270. The first kappa shape index (κ1) is 23.6. The first-order valence-electron chi connectivity index (χ1n) is 12.3. The van der Waals surface area contributed by atoms with Crippen molar-refractivity contribution in [2.24, 2.45) is 11.8 Å². The van der Waals surface area contributed by atoms with Gasteiger partial charge in [-0.2, -0.15) is 0 Å². The lowest BCUT2D eigenvalue weighted by molar-refractivity contribution is 0.0494. The van der Waals surface area contributed by atoms with E-state index in [1.165, 1.54) is 6.07 Å². The van der Waals surface area contributed by atoms with Gasteiger partial charge >= 0.3 is 12.1 Å². The van der Waals surface area contributed by atoms with E-state index in [0.29, 0.717) is 35.8 Å². The highest BCUT2D eigenvalue weighted by Gasteiger charge is 2.44. The molecule has 35 heavy (non-hydrogen) atoms. The smallest absolute Gasteiger partial charge is 0.407 e. The molecule has 188 valence electrons. The van der Waals surface area contributed by atoms with Crippen molar-refractivity contribution >= 4 is 23.3 Å². The summed E-state index contributed by atoms with van der Waals surface area (Å²) in [6.45, 7) is 8.26. The van der Waals surface area contributed by atoms with Crippen LogP contribution in [0, 0.1) is 24.6 Å². The normalized spacial score (nSPS) is 22.5. The van der Waals surface area contributed by atoms with Gasteiger partial charge in [0, 0.05) is 19.0 Å². The number of aromatic carboxylic acids is 1. The van der Waals surface area contributed by atoms with Gasteiger partial charge in [0.1, 0.15) is 11.2 Å². The van der Waals surface area contributed by atoms with Crippen molar-refractivity contribution in [3.8, 4) is 0 Å². The Morgan fingerprint density at radius 2 is 1.86 bits per heavy atom. The van der Waals surface area contributed by atoms with Gasteiger partial charge in [-0.1, -0.05) is 0 Å². The van der Waals surface area contributed by atoms with Gasteiger partial charge in [0.25, 0.3) is 5.56 Å². The first-order chi connectivity index (χ1) is 16.4. The van der Waals surface area contributed by atoms with Gasteiger partial charge in [-0.05, 0) is 82.4 Å². The van der Waals surface area contributed by atoms with Crippen molar-refractivity contribution in [1.82, 2.24) is 9.72 Å². The monoisotopic (exact) mass is 485 g/mol. The lowest BCUT2D eigenvalue weighted by Crippen LogP contribution is -2.43. The molecule has 2 saturated carbocycles. The molecular formula is C26H32FN3O5. The highest BCUT2D eigenvalue weighted by atomic mass is 19.1. The average molecular weight is 486 g/mol. The Kier molecular flexibility index (Phi) is 5.56. The van der Waals surface area contributed by atoms with Crippen LogP contribution in [0.3, 0.4) is 0 Å². The van der Waals surface area contributed by atoms with Crippen molar-refractivity contribution in [3.63, 3.8) is 0 Å². The summed E-state index contributed by atoms with van der Waals surface area (Å²) in [6.07, 6.45) is 4.64. The zero-order valence-electron chi connectivity index (χ0n) is 20.6. The van der Waals surface area contributed by atoms with Crippen LogP contribution in [0.5, 0.6) is 0 Å². The van der Waals surface area contributed by atoms with Crippen molar-refractivity contribution < 1.29 is 23.8 Å². The highest BCUT2D eigenvalue weighted by molar-refractivity contribution is 5.89. The van der Waals surface area contributed by atoms with E-state index < -0.39 is 29.0 Å². The summed E-state index contributed by atoms with van der Waals surface area (Å²) in [7, 11) is 0. The molecule has 0 aromatic carbocycles. The van der Waals surface area contributed by atoms with Gasteiger partial charge in [0.15, 0.2) is 5.82 Å². The molecule has 3 heterocycles. The number of hydrogen-bond donors (Lipinski definition) is 2. The Morgan fingerprint density at radius 3 is 2.43 bits per heavy atom. The van der Waals surface area contributed by atoms with Crippen LogP contribution in [0.15, 0.2) is 17.1 Å². The van der Waals surface area contributed by atoms with E-state index in [-0.39, 0.29) is 23.4 Å². The van der Waals surface area contributed by atoms with E-state index in [1.807, 2.05) is 25.7 Å². The quantitative estimate of drug-likeness (QED) is 0.663. The third kappa shape index (κ3) is 4.48. The summed E-state index contributed by atoms with van der Waals surface area (Å²) in [5.74, 6) is -1.06. The van der Waals surface area contributed by atoms with Gasteiger partial charge in [-0.3, -0.25) is 9.20 Å². The summed E-state index contributed by atoms with van der Waals surface area (Å²) in [4.78, 5) is 39.0. The summed E-state index contributed by atoms with van der Waals surface area (Å²) in [5.41, 5.74) is 0.717. The van der Waals surface area contributed by atoms with Crippen LogP contribution < -0.4 is 15.8 Å². The number of hydrogen-bond acceptors (Lipinski definition) is 5. The number of nitrogens with one attached hydrogen (secondary N) is 1. The summed E-state index contributed by atoms with van der Waals surface area (Å²) in [5, 5.41) is 12.5. The van der Waals surface area contributed by atoms with Crippen molar-refractivity contribution in [2.75, 3.05) is 18.0 Å². The number of aryl methyl sites for hydroxylation is 1. The molecule has 2 aromatic rings. The van der Waals surface area contributed by atoms with Crippen LogP contribution >= 0.6 is 0 Å². The molecule has 0 unspecified atom stereocenters. The van der Waals surface area contributed by atoms with Crippen LogP contribution in [0.25, 0.3) is 5.52 Å². The number of fused-ring (bicyclic) bond motifs is 1. The van der Waals surface area contributed by atoms with Crippen LogP contribution in [0.1, 0.15) is 73.9 Å². The fourth-order valence-corrected chi connectivity index (χ4v) is 5.51. The van der Waals surface area contributed by atoms with E-state index >= 15 is 4.39 Å². The number of rotatable bonds is 5. The topological polar surface area (TPSA) is 100 Å². The maximum absolute atomic E-state index is 15.6. The Labute approximate surface area is 203 Å². The predicted molar refractivity (Wildman–Crippen MR) is 129 cm³/mol. The molecule has 5 rings (SSSR count). The zero-order valence-corrected chi connectivity index (χ0v) is 20.6. The maximum Gasteiger partial charge on any atom is 0.407 e. The van der Waals surface area contributed by atoms with Crippen molar-refractivity contribution in [1.29, 1.82) is 0 Å². The minimum atomic E-state index is -1.31. The number of carbonyl (C=O) groups is 2. The number of amides is 1. The molecule has 2 atom stereocenters. The number of aromatic nitrogens is 1. The number of ether oxygens (including phenoxy) is 1. The van der Waals surface area contributed by atoms with E-state index in [4.69, 9.17) is 4.74 Å². The first-order valence-corrected chi connectivity index (χ1v) is 12.3. The molecule has 3 aliphatic rings. The van der Waals surface area contributed by atoms with Gasteiger partial charge in [-0.15, -0.1) is 0 Å². The standard InChI is InChI=1S/C26H32FN3O5/c1-13-21-16(14-5-6-14)9-17(24(32)33)23(31)30(21)11-19(27)22(13)29-10-18(15-7-8-15)20(12-29)28-25(34)35-26(2,3)4/h9,11,14-15,18,20H,5-8,10,12H2,1-4H3,(H,28,34)(H,32,33)/t18-,20+/m1/s1. The fraction of sp³-hybridized carbons (Fsp3) is 0.577. The molecule has 1 amide bonds. The van der Waals surface area contributed by atoms with Gasteiger partial charge in [0.2, 0.25) is 0 Å². The van der Waals surface area contributed by atoms with Crippen LogP contribution in [0.4, 0.5) is 14.9 Å². The van der Waals surface area contributed by atoms with Crippen molar-refractivity contribution in [3.05, 3.63) is 45.1 Å². The SMILES string of the molecule is Cc1c(N2C[C@H](NC(=O)OC(C)(C)C)[C@@H](C3CC3)C2)c(F)cn2c(=O)c(C(=O)O)cc(C3CC3)c12. The van der Waals surface area contributed by atoms with E-state index in [1.54, 1.807) is 6.92 Å². The number of carboxylic acid groups (broad SMARTS) is 1. The largest absolute Gasteiger partial charge is 0.477 e. The van der Waals surface area contributed by atoms with Crippen molar-refractivity contribution in [2.45, 2.75) is 70.9 Å². The average Bonchev–Trinajstić information content (AvgIpc) is 3.66. The second-order valence-electron chi connectivity index (χ2n) is 11.2. The number of carbonyl (C=O) groups excluding carboxylic acids is 1. The second kappa shape index (κ2) is 8.24. The van der Waals surface area contributed by atoms with Gasteiger partial charge < -0.3 is 20.1 Å². The Morgan fingerprint density at radius 1 is 1.17 bits per heavy atom. The lowest BCUT2D eigenvalue weighted by Gasteiger charge is -2.25. The molecule has 3 fully saturated rings. The number of alkyl carbamates (subject to hydrolysis) is 1. The third-order valence-corrected chi connectivity index (χ3v) is 7.30. The Balaban J connectivity index is 1.54. The maximum atomic E-state index is 15.6. The molecule has 1 aliphatic heterocycles. The zero-order chi connectivity index (χ0) is 25.2. The minimum absolute atomic E-state index is 0.167. The predicted octanol–water partition coefficient (Wildman–Crippen LogP) is 4.06. The number of nitrogens with zero attached hydrogens (tertiary/aromatic N) is 2. The Hall–Kier alpha value is -3.10. The molecule has 0 spiro atoms. The minimum Gasteiger partial charge on any atom is -0.477 e. The molecule has 2 N–H and O–H groups in total. The molecule has 0 bridgehead atoms. The van der Waals surface area contributed by atoms with Crippen LogP contribution in [0.2, 0.25) is 0 Å². The van der Waals surface area contributed by atoms with E-state index in [2.05, 4.69) is 5.32 Å². The molecular weight excluding hydrogens is 453 g/mol. The number of pyridine rings is 2.